The van der Waals surface area contributed by atoms with E-state index in [2.05, 4.69) is 21.2 Å². The second-order valence-corrected chi connectivity index (χ2v) is 4.54. The SMILES string of the molecule is O=C(O)C[C@@H](NC(=O)Nc1c(F)cccc1Br)C(=O)O. The first-order valence-electron chi connectivity index (χ1n) is 5.27. The van der Waals surface area contributed by atoms with E-state index in [-0.39, 0.29) is 10.2 Å². The molecule has 1 aromatic carbocycles. The zero-order chi connectivity index (χ0) is 15.3. The van der Waals surface area contributed by atoms with Crippen molar-refractivity contribution < 1.29 is 29.0 Å². The largest absolute Gasteiger partial charge is 0.481 e. The molecule has 1 aromatic rings. The number of urea groups is 1. The topological polar surface area (TPSA) is 116 Å². The Balaban J connectivity index is 2.76. The van der Waals surface area contributed by atoms with Crippen LogP contribution in [0.5, 0.6) is 0 Å². The summed E-state index contributed by atoms with van der Waals surface area (Å²) in [6.07, 6.45) is -0.790. The number of carbonyl (C=O) groups is 3. The van der Waals surface area contributed by atoms with Crippen LogP contribution in [0.4, 0.5) is 14.9 Å². The summed E-state index contributed by atoms with van der Waals surface area (Å²) < 4.78 is 13.7. The molecule has 7 nitrogen and oxygen atoms in total. The van der Waals surface area contributed by atoms with E-state index in [0.29, 0.717) is 0 Å². The van der Waals surface area contributed by atoms with Crippen LogP contribution in [0.3, 0.4) is 0 Å². The van der Waals surface area contributed by atoms with Crippen LogP contribution in [0.25, 0.3) is 0 Å². The fraction of sp³-hybridized carbons (Fsp3) is 0.182. The maximum Gasteiger partial charge on any atom is 0.326 e. The average Bonchev–Trinajstić information content (AvgIpc) is 2.32. The van der Waals surface area contributed by atoms with Gasteiger partial charge in [0.25, 0.3) is 0 Å². The number of benzene rings is 1. The molecule has 1 atom stereocenters. The third-order valence-electron chi connectivity index (χ3n) is 2.18. The number of aliphatic carboxylic acids is 2. The molecule has 0 saturated carbocycles. The predicted molar refractivity (Wildman–Crippen MR) is 69.9 cm³/mol. The third-order valence-corrected chi connectivity index (χ3v) is 2.84. The van der Waals surface area contributed by atoms with Crippen molar-refractivity contribution in [3.05, 3.63) is 28.5 Å². The summed E-state index contributed by atoms with van der Waals surface area (Å²) in [4.78, 5) is 32.8. The Morgan fingerprint density at radius 2 is 1.95 bits per heavy atom. The van der Waals surface area contributed by atoms with Gasteiger partial charge in [0, 0.05) is 4.47 Å². The van der Waals surface area contributed by atoms with E-state index in [1.807, 2.05) is 5.32 Å². The molecule has 0 unspecified atom stereocenters. The fourth-order valence-corrected chi connectivity index (χ4v) is 1.74. The van der Waals surface area contributed by atoms with E-state index >= 15 is 0 Å². The van der Waals surface area contributed by atoms with Crippen molar-refractivity contribution in [1.29, 1.82) is 0 Å². The lowest BCUT2D eigenvalue weighted by Gasteiger charge is -2.14. The highest BCUT2D eigenvalue weighted by Gasteiger charge is 2.23. The van der Waals surface area contributed by atoms with E-state index in [9.17, 15) is 18.8 Å². The molecule has 0 aliphatic rings. The van der Waals surface area contributed by atoms with Crippen molar-refractivity contribution in [1.82, 2.24) is 5.32 Å². The lowest BCUT2D eigenvalue weighted by Crippen LogP contribution is -2.44. The molecule has 2 amide bonds. The van der Waals surface area contributed by atoms with Crippen molar-refractivity contribution >= 4 is 39.6 Å². The van der Waals surface area contributed by atoms with E-state index in [0.717, 1.165) is 6.07 Å². The Hall–Kier alpha value is -2.16. The fourth-order valence-electron chi connectivity index (χ4n) is 1.30. The van der Waals surface area contributed by atoms with Crippen LogP contribution in [0.15, 0.2) is 22.7 Å². The Morgan fingerprint density at radius 3 is 2.45 bits per heavy atom. The van der Waals surface area contributed by atoms with Crippen LogP contribution in [0.1, 0.15) is 6.42 Å². The summed E-state index contributed by atoms with van der Waals surface area (Å²) in [5.74, 6) is -3.61. The molecule has 0 spiro atoms. The number of halogens is 2. The number of nitrogens with one attached hydrogen (secondary N) is 2. The second kappa shape index (κ2) is 6.85. The molecule has 0 aliphatic carbocycles. The molecule has 9 heteroatoms. The number of carbonyl (C=O) groups excluding carboxylic acids is 1. The molecule has 0 fully saturated rings. The van der Waals surface area contributed by atoms with Gasteiger partial charge in [-0.3, -0.25) is 4.79 Å². The maximum atomic E-state index is 13.4. The number of hydrogen-bond donors (Lipinski definition) is 4. The zero-order valence-corrected chi connectivity index (χ0v) is 11.5. The predicted octanol–water partition coefficient (Wildman–Crippen LogP) is 1.64. The van der Waals surface area contributed by atoms with Crippen molar-refractivity contribution in [2.75, 3.05) is 5.32 Å². The molecule has 1 rings (SSSR count). The standard InChI is InChI=1S/C11H10BrFN2O5/c12-5-2-1-3-6(13)9(5)15-11(20)14-7(10(18)19)4-8(16)17/h1-3,7H,4H2,(H,16,17)(H,18,19)(H2,14,15,20)/t7-/m1/s1. The molecule has 108 valence electrons. The number of rotatable bonds is 5. The third kappa shape index (κ3) is 4.50. The molecule has 0 aliphatic heterocycles. The van der Waals surface area contributed by atoms with E-state index in [4.69, 9.17) is 10.2 Å². The van der Waals surface area contributed by atoms with Gasteiger partial charge in [0.1, 0.15) is 11.9 Å². The summed E-state index contributed by atoms with van der Waals surface area (Å²) in [6, 6.07) is 1.35. The quantitative estimate of drug-likeness (QED) is 0.645. The molecule has 0 heterocycles. The zero-order valence-electron chi connectivity index (χ0n) is 9.89. The molecule has 0 bridgehead atoms. The Morgan fingerprint density at radius 1 is 1.30 bits per heavy atom. The molecule has 4 N–H and O–H groups in total. The summed E-state index contributed by atoms with van der Waals surface area (Å²) in [5, 5.41) is 21.3. The van der Waals surface area contributed by atoms with Gasteiger partial charge in [0.2, 0.25) is 0 Å². The van der Waals surface area contributed by atoms with Crippen molar-refractivity contribution in [3.63, 3.8) is 0 Å². The lowest BCUT2D eigenvalue weighted by molar-refractivity contribution is -0.145. The highest BCUT2D eigenvalue weighted by Crippen LogP contribution is 2.24. The number of para-hydroxylation sites is 1. The normalized spacial score (nSPS) is 11.5. The monoisotopic (exact) mass is 348 g/mol. The van der Waals surface area contributed by atoms with Crippen molar-refractivity contribution in [3.8, 4) is 0 Å². The van der Waals surface area contributed by atoms with Gasteiger partial charge in [-0.1, -0.05) is 6.07 Å². The van der Waals surface area contributed by atoms with Crippen LogP contribution in [0, 0.1) is 5.82 Å². The van der Waals surface area contributed by atoms with Crippen LogP contribution in [-0.2, 0) is 9.59 Å². The van der Waals surface area contributed by atoms with Crippen LogP contribution in [-0.4, -0.2) is 34.2 Å². The lowest BCUT2D eigenvalue weighted by atomic mass is 10.2. The van der Waals surface area contributed by atoms with Crippen molar-refractivity contribution in [2.45, 2.75) is 12.5 Å². The summed E-state index contributed by atoms with van der Waals surface area (Å²) in [6.45, 7) is 0. The van der Waals surface area contributed by atoms with Gasteiger partial charge in [-0.25, -0.2) is 14.0 Å². The van der Waals surface area contributed by atoms with Gasteiger partial charge in [0.15, 0.2) is 0 Å². The number of hydrogen-bond acceptors (Lipinski definition) is 3. The highest BCUT2D eigenvalue weighted by atomic mass is 79.9. The molecular weight excluding hydrogens is 339 g/mol. The van der Waals surface area contributed by atoms with Crippen molar-refractivity contribution in [2.24, 2.45) is 0 Å². The molecule has 0 saturated heterocycles. The van der Waals surface area contributed by atoms with E-state index in [1.165, 1.54) is 12.1 Å². The molecule has 20 heavy (non-hydrogen) atoms. The minimum absolute atomic E-state index is 0.176. The van der Waals surface area contributed by atoms with Gasteiger partial charge >= 0.3 is 18.0 Å². The van der Waals surface area contributed by atoms with Gasteiger partial charge < -0.3 is 20.8 Å². The van der Waals surface area contributed by atoms with Gasteiger partial charge in [-0.2, -0.15) is 0 Å². The van der Waals surface area contributed by atoms with Gasteiger partial charge in [-0.15, -0.1) is 0 Å². The molecule has 0 radical (unpaired) electrons. The van der Waals surface area contributed by atoms with Gasteiger partial charge in [0.05, 0.1) is 12.1 Å². The van der Waals surface area contributed by atoms with Crippen LogP contribution < -0.4 is 10.6 Å². The first kappa shape index (κ1) is 15.9. The highest BCUT2D eigenvalue weighted by molar-refractivity contribution is 9.10. The number of amides is 2. The smallest absolute Gasteiger partial charge is 0.326 e. The van der Waals surface area contributed by atoms with Gasteiger partial charge in [-0.05, 0) is 28.1 Å². The Labute approximate surface area is 120 Å². The van der Waals surface area contributed by atoms with Crippen LogP contribution in [0.2, 0.25) is 0 Å². The Bertz CT molecular complexity index is 531. The number of carboxylic acid groups (broad SMARTS) is 2. The van der Waals surface area contributed by atoms with E-state index < -0.39 is 36.2 Å². The van der Waals surface area contributed by atoms with Crippen LogP contribution >= 0.6 is 15.9 Å². The average molecular weight is 349 g/mol. The maximum absolute atomic E-state index is 13.4. The Kier molecular flexibility index (Phi) is 5.44. The van der Waals surface area contributed by atoms with E-state index in [1.54, 1.807) is 0 Å². The first-order valence-corrected chi connectivity index (χ1v) is 6.06. The first-order chi connectivity index (χ1) is 9.31. The number of carboxylic acids is 2. The summed E-state index contributed by atoms with van der Waals surface area (Å²) >= 11 is 3.02. The minimum Gasteiger partial charge on any atom is -0.481 e. The minimum atomic E-state index is -1.61. The second-order valence-electron chi connectivity index (χ2n) is 3.68. The number of anilines is 1. The summed E-state index contributed by atoms with van der Waals surface area (Å²) in [5.41, 5.74) is -0.176. The molecular formula is C11H10BrFN2O5. The summed E-state index contributed by atoms with van der Waals surface area (Å²) in [7, 11) is 0. The molecule has 0 aromatic heterocycles.